The Balaban J connectivity index is 2.79. The molecule has 1 rings (SSSR count). The molecule has 0 aromatic carbocycles. The van der Waals surface area contributed by atoms with Gasteiger partial charge in [-0.25, -0.2) is 4.98 Å². The van der Waals surface area contributed by atoms with E-state index in [2.05, 4.69) is 42.9 Å². The van der Waals surface area contributed by atoms with Crippen molar-refractivity contribution in [1.29, 1.82) is 0 Å². The highest BCUT2D eigenvalue weighted by Crippen LogP contribution is 2.24. The van der Waals surface area contributed by atoms with Gasteiger partial charge in [0.1, 0.15) is 5.82 Å². The fourth-order valence-corrected chi connectivity index (χ4v) is 2.29. The van der Waals surface area contributed by atoms with Crippen molar-refractivity contribution in [2.75, 3.05) is 18.0 Å². The van der Waals surface area contributed by atoms with E-state index >= 15 is 0 Å². The molecule has 0 radical (unpaired) electrons. The summed E-state index contributed by atoms with van der Waals surface area (Å²) in [5.41, 5.74) is 1.13. The van der Waals surface area contributed by atoms with Crippen LogP contribution in [0.3, 0.4) is 0 Å². The first-order chi connectivity index (χ1) is 9.08. The van der Waals surface area contributed by atoms with Crippen LogP contribution in [-0.4, -0.2) is 24.1 Å². The molecule has 1 aromatic heterocycles. The van der Waals surface area contributed by atoms with Crippen LogP contribution in [0.25, 0.3) is 0 Å². The number of anilines is 1. The van der Waals surface area contributed by atoms with Crippen molar-refractivity contribution in [1.82, 2.24) is 10.3 Å². The lowest BCUT2D eigenvalue weighted by atomic mass is 10.2. The maximum atomic E-state index is 6.38. The van der Waals surface area contributed by atoms with Crippen molar-refractivity contribution < 1.29 is 0 Å². The summed E-state index contributed by atoms with van der Waals surface area (Å²) >= 11 is 6.38. The Hall–Kier alpha value is -0.800. The standard InChI is InChI=1S/C15H26ClN3/c1-5-7-19(8-6-2)15-14(16)9-13(11-18-15)10-17-12(3)4/h9,11-12,17H,5-8,10H2,1-4H3. The molecule has 1 N–H and O–H groups in total. The summed E-state index contributed by atoms with van der Waals surface area (Å²) < 4.78 is 0. The van der Waals surface area contributed by atoms with Gasteiger partial charge in [-0.3, -0.25) is 0 Å². The molecule has 4 heteroatoms. The zero-order valence-electron chi connectivity index (χ0n) is 12.5. The van der Waals surface area contributed by atoms with Crippen molar-refractivity contribution >= 4 is 17.4 Å². The fourth-order valence-electron chi connectivity index (χ4n) is 1.99. The number of halogens is 1. The third kappa shape index (κ3) is 5.37. The van der Waals surface area contributed by atoms with Crippen LogP contribution in [0, 0.1) is 0 Å². The molecule has 0 saturated carbocycles. The van der Waals surface area contributed by atoms with Gasteiger partial charge in [-0.05, 0) is 24.5 Å². The molecule has 0 fully saturated rings. The first-order valence-corrected chi connectivity index (χ1v) is 7.59. The second-order valence-corrected chi connectivity index (χ2v) is 5.58. The lowest BCUT2D eigenvalue weighted by Crippen LogP contribution is -2.26. The molecule has 0 aliphatic heterocycles. The zero-order chi connectivity index (χ0) is 14.3. The Labute approximate surface area is 122 Å². The Bertz CT molecular complexity index is 374. The van der Waals surface area contributed by atoms with Crippen LogP contribution < -0.4 is 10.2 Å². The summed E-state index contributed by atoms with van der Waals surface area (Å²) in [6.07, 6.45) is 4.14. The number of hydrogen-bond acceptors (Lipinski definition) is 3. The lowest BCUT2D eigenvalue weighted by Gasteiger charge is -2.23. The Morgan fingerprint density at radius 2 is 1.89 bits per heavy atom. The van der Waals surface area contributed by atoms with Crippen LogP contribution in [0.1, 0.15) is 46.1 Å². The largest absolute Gasteiger partial charge is 0.355 e. The highest BCUT2D eigenvalue weighted by atomic mass is 35.5. The minimum absolute atomic E-state index is 0.468. The SMILES string of the molecule is CCCN(CCC)c1ncc(CNC(C)C)cc1Cl. The topological polar surface area (TPSA) is 28.2 Å². The molecular weight excluding hydrogens is 258 g/mol. The molecule has 108 valence electrons. The van der Waals surface area contributed by atoms with Gasteiger partial charge in [-0.1, -0.05) is 39.3 Å². The minimum atomic E-state index is 0.468. The number of pyridine rings is 1. The van der Waals surface area contributed by atoms with Crippen molar-refractivity contribution in [2.24, 2.45) is 0 Å². The summed E-state index contributed by atoms with van der Waals surface area (Å²) in [5, 5.41) is 4.13. The van der Waals surface area contributed by atoms with Gasteiger partial charge >= 0.3 is 0 Å². The van der Waals surface area contributed by atoms with E-state index in [9.17, 15) is 0 Å². The number of nitrogens with zero attached hydrogens (tertiary/aromatic N) is 2. The molecule has 0 amide bonds. The van der Waals surface area contributed by atoms with Gasteiger partial charge in [0.15, 0.2) is 0 Å². The minimum Gasteiger partial charge on any atom is -0.355 e. The molecule has 0 spiro atoms. The van der Waals surface area contributed by atoms with Crippen LogP contribution in [0.15, 0.2) is 12.3 Å². The summed E-state index contributed by atoms with van der Waals surface area (Å²) in [7, 11) is 0. The zero-order valence-corrected chi connectivity index (χ0v) is 13.3. The van der Waals surface area contributed by atoms with Gasteiger partial charge in [-0.2, -0.15) is 0 Å². The van der Waals surface area contributed by atoms with Crippen LogP contribution in [0.4, 0.5) is 5.82 Å². The highest BCUT2D eigenvalue weighted by molar-refractivity contribution is 6.33. The van der Waals surface area contributed by atoms with Crippen LogP contribution in [-0.2, 0) is 6.54 Å². The summed E-state index contributed by atoms with van der Waals surface area (Å²) in [6, 6.07) is 2.49. The average molecular weight is 284 g/mol. The molecule has 0 atom stereocenters. The number of aromatic nitrogens is 1. The van der Waals surface area contributed by atoms with Crippen molar-refractivity contribution in [3.8, 4) is 0 Å². The third-order valence-electron chi connectivity index (χ3n) is 2.88. The predicted molar refractivity (Wildman–Crippen MR) is 84.0 cm³/mol. The first kappa shape index (κ1) is 16.3. The molecule has 0 aliphatic carbocycles. The third-order valence-corrected chi connectivity index (χ3v) is 3.16. The smallest absolute Gasteiger partial charge is 0.147 e. The van der Waals surface area contributed by atoms with E-state index in [0.29, 0.717) is 6.04 Å². The molecule has 3 nitrogen and oxygen atoms in total. The maximum absolute atomic E-state index is 6.38. The molecule has 0 aliphatic rings. The quantitative estimate of drug-likeness (QED) is 0.785. The monoisotopic (exact) mass is 283 g/mol. The predicted octanol–water partition coefficient (Wildman–Crippen LogP) is 3.86. The molecule has 0 bridgehead atoms. The van der Waals surface area contributed by atoms with E-state index in [-0.39, 0.29) is 0 Å². The van der Waals surface area contributed by atoms with E-state index < -0.39 is 0 Å². The van der Waals surface area contributed by atoms with Crippen molar-refractivity contribution in [3.63, 3.8) is 0 Å². The molecule has 19 heavy (non-hydrogen) atoms. The van der Waals surface area contributed by atoms with Crippen LogP contribution in [0.5, 0.6) is 0 Å². The van der Waals surface area contributed by atoms with Gasteiger partial charge in [0.25, 0.3) is 0 Å². The van der Waals surface area contributed by atoms with Gasteiger partial charge < -0.3 is 10.2 Å². The highest BCUT2D eigenvalue weighted by Gasteiger charge is 2.11. The fraction of sp³-hybridized carbons (Fsp3) is 0.667. The summed E-state index contributed by atoms with van der Waals surface area (Å²) in [5.74, 6) is 0.915. The number of nitrogens with one attached hydrogen (secondary N) is 1. The van der Waals surface area contributed by atoms with Gasteiger partial charge in [0, 0.05) is 31.9 Å². The molecule has 0 saturated heterocycles. The average Bonchev–Trinajstić information content (AvgIpc) is 2.36. The van der Waals surface area contributed by atoms with Crippen molar-refractivity contribution in [2.45, 2.75) is 53.1 Å². The Morgan fingerprint density at radius 3 is 2.37 bits per heavy atom. The summed E-state index contributed by atoms with van der Waals surface area (Å²) in [4.78, 5) is 6.81. The molecule has 0 unspecified atom stereocenters. The lowest BCUT2D eigenvalue weighted by molar-refractivity contribution is 0.588. The second-order valence-electron chi connectivity index (χ2n) is 5.17. The van der Waals surface area contributed by atoms with Crippen LogP contribution >= 0.6 is 11.6 Å². The van der Waals surface area contributed by atoms with E-state index in [1.165, 1.54) is 0 Å². The van der Waals surface area contributed by atoms with E-state index in [0.717, 1.165) is 48.9 Å². The van der Waals surface area contributed by atoms with Crippen LogP contribution in [0.2, 0.25) is 5.02 Å². The summed E-state index contributed by atoms with van der Waals surface area (Å²) in [6.45, 7) is 11.4. The normalized spacial score (nSPS) is 11.1. The Kier molecular flexibility index (Phi) is 7.17. The van der Waals surface area contributed by atoms with E-state index in [1.54, 1.807) is 0 Å². The molecule has 1 heterocycles. The molecule has 1 aromatic rings. The van der Waals surface area contributed by atoms with Crippen molar-refractivity contribution in [3.05, 3.63) is 22.8 Å². The second kappa shape index (κ2) is 8.39. The van der Waals surface area contributed by atoms with Gasteiger partial charge in [0.2, 0.25) is 0 Å². The van der Waals surface area contributed by atoms with E-state index in [1.807, 2.05) is 12.3 Å². The maximum Gasteiger partial charge on any atom is 0.147 e. The van der Waals surface area contributed by atoms with Gasteiger partial charge in [0.05, 0.1) is 5.02 Å². The Morgan fingerprint density at radius 1 is 1.26 bits per heavy atom. The number of rotatable bonds is 8. The van der Waals surface area contributed by atoms with E-state index in [4.69, 9.17) is 11.6 Å². The number of hydrogen-bond donors (Lipinski definition) is 1. The van der Waals surface area contributed by atoms with Gasteiger partial charge in [-0.15, -0.1) is 0 Å². The first-order valence-electron chi connectivity index (χ1n) is 7.21. The molecular formula is C15H26ClN3.